The maximum Gasteiger partial charge on any atom is 0.253 e. The van der Waals surface area contributed by atoms with Crippen molar-refractivity contribution in [3.63, 3.8) is 0 Å². The van der Waals surface area contributed by atoms with E-state index in [1.54, 1.807) is 19.1 Å². The van der Waals surface area contributed by atoms with Gasteiger partial charge in [-0.05, 0) is 62.9 Å². The van der Waals surface area contributed by atoms with Gasteiger partial charge in [-0.3, -0.25) is 9.69 Å². The SMILES string of the molecule is Cc1cc(C(=O)N2CCC(N3CCC[C@@H](O)C3)CC2)ccc1F. The van der Waals surface area contributed by atoms with Gasteiger partial charge in [0.2, 0.25) is 0 Å². The van der Waals surface area contributed by atoms with Gasteiger partial charge in [-0.15, -0.1) is 0 Å². The standard InChI is InChI=1S/C18H25FN2O2/c1-13-11-14(4-5-17(13)19)18(23)20-9-6-15(7-10-20)21-8-2-3-16(22)12-21/h4-5,11,15-16,22H,2-3,6-10,12H2,1H3/t16-/m1/s1. The summed E-state index contributed by atoms with van der Waals surface area (Å²) in [5, 5.41) is 9.81. The molecule has 1 atom stereocenters. The van der Waals surface area contributed by atoms with Gasteiger partial charge in [0.25, 0.3) is 5.91 Å². The number of amides is 1. The molecule has 3 rings (SSSR count). The average molecular weight is 320 g/mol. The quantitative estimate of drug-likeness (QED) is 0.908. The lowest BCUT2D eigenvalue weighted by Crippen LogP contribution is -2.50. The highest BCUT2D eigenvalue weighted by Crippen LogP contribution is 2.22. The molecule has 0 spiro atoms. The normalized spacial score (nSPS) is 24.0. The molecule has 0 radical (unpaired) electrons. The highest BCUT2D eigenvalue weighted by molar-refractivity contribution is 5.94. The van der Waals surface area contributed by atoms with Crippen molar-refractivity contribution < 1.29 is 14.3 Å². The summed E-state index contributed by atoms with van der Waals surface area (Å²) < 4.78 is 13.3. The van der Waals surface area contributed by atoms with E-state index in [1.165, 1.54) is 6.07 Å². The molecule has 23 heavy (non-hydrogen) atoms. The van der Waals surface area contributed by atoms with Crippen molar-refractivity contribution in [2.24, 2.45) is 0 Å². The molecule has 2 fully saturated rings. The zero-order valence-corrected chi connectivity index (χ0v) is 13.7. The van der Waals surface area contributed by atoms with E-state index >= 15 is 0 Å². The molecule has 4 nitrogen and oxygen atoms in total. The Morgan fingerprint density at radius 1 is 1.22 bits per heavy atom. The smallest absolute Gasteiger partial charge is 0.253 e. The minimum atomic E-state index is -0.274. The summed E-state index contributed by atoms with van der Waals surface area (Å²) in [5.41, 5.74) is 1.07. The van der Waals surface area contributed by atoms with Crippen molar-refractivity contribution in [1.82, 2.24) is 9.80 Å². The fourth-order valence-corrected chi connectivity index (χ4v) is 3.71. The van der Waals surface area contributed by atoms with Gasteiger partial charge in [0.05, 0.1) is 6.10 Å². The number of hydrogen-bond acceptors (Lipinski definition) is 3. The first kappa shape index (κ1) is 16.4. The molecule has 1 aromatic rings. The molecule has 0 bridgehead atoms. The van der Waals surface area contributed by atoms with E-state index in [2.05, 4.69) is 4.90 Å². The highest BCUT2D eigenvalue weighted by Gasteiger charge is 2.30. The lowest BCUT2D eigenvalue weighted by Gasteiger charge is -2.41. The third-order valence-electron chi connectivity index (χ3n) is 5.10. The van der Waals surface area contributed by atoms with Crippen LogP contribution in [0.25, 0.3) is 0 Å². The van der Waals surface area contributed by atoms with Crippen LogP contribution in [0.1, 0.15) is 41.6 Å². The van der Waals surface area contributed by atoms with Crippen molar-refractivity contribution in [2.75, 3.05) is 26.2 Å². The van der Waals surface area contributed by atoms with Crippen LogP contribution in [0.2, 0.25) is 0 Å². The van der Waals surface area contributed by atoms with E-state index in [1.807, 2.05) is 4.90 Å². The third-order valence-corrected chi connectivity index (χ3v) is 5.10. The summed E-state index contributed by atoms with van der Waals surface area (Å²) in [5.74, 6) is -0.283. The second-order valence-electron chi connectivity index (χ2n) is 6.78. The van der Waals surface area contributed by atoms with E-state index in [-0.39, 0.29) is 17.8 Å². The Labute approximate surface area is 136 Å². The number of aliphatic hydroxyl groups excluding tert-OH is 1. The van der Waals surface area contributed by atoms with Crippen molar-refractivity contribution in [2.45, 2.75) is 44.8 Å². The largest absolute Gasteiger partial charge is 0.392 e. The topological polar surface area (TPSA) is 43.8 Å². The van der Waals surface area contributed by atoms with Gasteiger partial charge in [-0.1, -0.05) is 0 Å². The van der Waals surface area contributed by atoms with Crippen molar-refractivity contribution in [1.29, 1.82) is 0 Å². The van der Waals surface area contributed by atoms with Crippen LogP contribution in [0.15, 0.2) is 18.2 Å². The minimum absolute atomic E-state index is 0.00905. The van der Waals surface area contributed by atoms with E-state index in [9.17, 15) is 14.3 Å². The Balaban J connectivity index is 1.57. The van der Waals surface area contributed by atoms with Gasteiger partial charge in [0.1, 0.15) is 5.82 Å². The van der Waals surface area contributed by atoms with Crippen LogP contribution in [0.5, 0.6) is 0 Å². The molecule has 1 N–H and O–H groups in total. The minimum Gasteiger partial charge on any atom is -0.392 e. The molecule has 1 aromatic carbocycles. The van der Waals surface area contributed by atoms with Crippen LogP contribution in [0.3, 0.4) is 0 Å². The number of aryl methyl sites for hydroxylation is 1. The maximum absolute atomic E-state index is 13.3. The number of piperidine rings is 2. The molecule has 5 heteroatoms. The molecule has 2 saturated heterocycles. The molecule has 126 valence electrons. The van der Waals surface area contributed by atoms with Gasteiger partial charge in [-0.25, -0.2) is 4.39 Å². The number of aliphatic hydroxyl groups is 1. The molecule has 0 saturated carbocycles. The fraction of sp³-hybridized carbons (Fsp3) is 0.611. The van der Waals surface area contributed by atoms with E-state index in [0.717, 1.165) is 51.9 Å². The summed E-state index contributed by atoms with van der Waals surface area (Å²) in [6.45, 7) is 4.95. The number of benzene rings is 1. The number of β-amino-alcohol motifs (C(OH)–C–C–N with tert-alkyl or cyclic N) is 1. The van der Waals surface area contributed by atoms with Crippen LogP contribution < -0.4 is 0 Å². The van der Waals surface area contributed by atoms with Crippen molar-refractivity contribution in [3.8, 4) is 0 Å². The number of halogens is 1. The first-order valence-electron chi connectivity index (χ1n) is 8.52. The molecule has 2 aliphatic rings. The Kier molecular flexibility index (Phi) is 4.97. The van der Waals surface area contributed by atoms with Crippen LogP contribution in [0.4, 0.5) is 4.39 Å². The van der Waals surface area contributed by atoms with E-state index in [4.69, 9.17) is 0 Å². The average Bonchev–Trinajstić information content (AvgIpc) is 2.57. The zero-order valence-electron chi connectivity index (χ0n) is 13.7. The monoisotopic (exact) mass is 320 g/mol. The first-order valence-corrected chi connectivity index (χ1v) is 8.52. The van der Waals surface area contributed by atoms with Crippen LogP contribution in [0, 0.1) is 12.7 Å². The molecule has 0 aromatic heterocycles. The number of likely N-dealkylation sites (tertiary alicyclic amines) is 2. The highest BCUT2D eigenvalue weighted by atomic mass is 19.1. The number of carbonyl (C=O) groups excluding carboxylic acids is 1. The molecule has 2 aliphatic heterocycles. The lowest BCUT2D eigenvalue weighted by atomic mass is 9.98. The second kappa shape index (κ2) is 6.97. The van der Waals surface area contributed by atoms with Gasteiger partial charge in [0, 0.05) is 31.2 Å². The Hall–Kier alpha value is -1.46. The molecule has 0 aliphatic carbocycles. The first-order chi connectivity index (χ1) is 11.0. The zero-order chi connectivity index (χ0) is 16.4. The molecule has 1 amide bonds. The van der Waals surface area contributed by atoms with E-state index in [0.29, 0.717) is 17.2 Å². The number of rotatable bonds is 2. The van der Waals surface area contributed by atoms with Crippen molar-refractivity contribution >= 4 is 5.91 Å². The second-order valence-corrected chi connectivity index (χ2v) is 6.78. The maximum atomic E-state index is 13.3. The summed E-state index contributed by atoms with van der Waals surface area (Å²) in [6.07, 6.45) is 3.63. The summed E-state index contributed by atoms with van der Waals surface area (Å²) >= 11 is 0. The molecular formula is C18H25FN2O2. The Morgan fingerprint density at radius 2 is 1.96 bits per heavy atom. The van der Waals surface area contributed by atoms with Gasteiger partial charge in [-0.2, -0.15) is 0 Å². The molecular weight excluding hydrogens is 295 g/mol. The lowest BCUT2D eigenvalue weighted by molar-refractivity contribution is 0.0241. The van der Waals surface area contributed by atoms with Crippen molar-refractivity contribution in [3.05, 3.63) is 35.1 Å². The van der Waals surface area contributed by atoms with Crippen LogP contribution in [-0.2, 0) is 0 Å². The summed E-state index contributed by atoms with van der Waals surface area (Å²) in [6, 6.07) is 5.02. The predicted molar refractivity (Wildman–Crippen MR) is 86.9 cm³/mol. The van der Waals surface area contributed by atoms with Gasteiger partial charge in [0.15, 0.2) is 0 Å². The fourth-order valence-electron chi connectivity index (χ4n) is 3.71. The Bertz CT molecular complexity index is 570. The van der Waals surface area contributed by atoms with E-state index < -0.39 is 0 Å². The third kappa shape index (κ3) is 3.72. The summed E-state index contributed by atoms with van der Waals surface area (Å²) in [7, 11) is 0. The number of carbonyl (C=O) groups is 1. The molecule has 2 heterocycles. The van der Waals surface area contributed by atoms with Gasteiger partial charge >= 0.3 is 0 Å². The van der Waals surface area contributed by atoms with Crippen LogP contribution >= 0.6 is 0 Å². The molecule has 0 unspecified atom stereocenters. The predicted octanol–water partition coefficient (Wildman–Crippen LogP) is 2.20. The number of nitrogens with zero attached hydrogens (tertiary/aromatic N) is 2. The van der Waals surface area contributed by atoms with Gasteiger partial charge < -0.3 is 10.0 Å². The van der Waals surface area contributed by atoms with Crippen LogP contribution in [-0.4, -0.2) is 59.1 Å². The summed E-state index contributed by atoms with van der Waals surface area (Å²) in [4.78, 5) is 16.8. The Morgan fingerprint density at radius 3 is 2.61 bits per heavy atom. The number of hydrogen-bond donors (Lipinski definition) is 1.